The molecular weight excluding hydrogens is 226 g/mol. The van der Waals surface area contributed by atoms with E-state index in [9.17, 15) is 0 Å². The number of rotatable bonds is 2. The Morgan fingerprint density at radius 3 is 2.11 bits per heavy atom. The summed E-state index contributed by atoms with van der Waals surface area (Å²) in [5, 5.41) is 3.23. The van der Waals surface area contributed by atoms with Gasteiger partial charge in [0.1, 0.15) is 0 Å². The molecule has 0 spiro atoms. The van der Waals surface area contributed by atoms with Crippen molar-refractivity contribution in [2.75, 3.05) is 11.9 Å². The van der Waals surface area contributed by atoms with Crippen LogP contribution in [0.15, 0.2) is 18.2 Å². The topological polar surface area (TPSA) is 30.5 Å². The zero-order valence-electron chi connectivity index (χ0n) is 12.8. The Morgan fingerprint density at radius 1 is 1.00 bits per heavy atom. The van der Waals surface area contributed by atoms with Crippen molar-refractivity contribution in [3.8, 4) is 11.5 Å². The number of nitrogens with one attached hydrogen (secondary N) is 1. The molecular formula is C15H27NO2. The summed E-state index contributed by atoms with van der Waals surface area (Å²) in [6.07, 6.45) is 0. The van der Waals surface area contributed by atoms with Gasteiger partial charge >= 0.3 is 0 Å². The van der Waals surface area contributed by atoms with E-state index < -0.39 is 5.79 Å². The molecule has 0 radical (unpaired) electrons. The van der Waals surface area contributed by atoms with Crippen molar-refractivity contribution in [3.63, 3.8) is 0 Å². The van der Waals surface area contributed by atoms with Crippen LogP contribution in [0.2, 0.25) is 0 Å². The van der Waals surface area contributed by atoms with Crippen molar-refractivity contribution in [2.24, 2.45) is 0 Å². The summed E-state index contributed by atoms with van der Waals surface area (Å²) in [5.74, 6) is 1.10. The number of ether oxygens (including phenoxy) is 2. The molecule has 2 rings (SSSR count). The molecule has 1 heterocycles. The van der Waals surface area contributed by atoms with Crippen LogP contribution in [0.3, 0.4) is 0 Å². The second-order valence-electron chi connectivity index (χ2n) is 3.80. The standard InChI is InChI=1S/C11H15NO2.2C2H6/c1-4-12-8-5-6-9-10(7-8)14-11(2,3)13-9;2*1-2/h5-7,12H,4H2,1-3H3;2*1-2H3. The minimum Gasteiger partial charge on any atom is -0.449 e. The van der Waals surface area contributed by atoms with Crippen molar-refractivity contribution < 1.29 is 9.47 Å². The SMILES string of the molecule is CC.CC.CCNc1ccc2c(c1)OC(C)(C)O2. The lowest BCUT2D eigenvalue weighted by atomic mass is 10.3. The third-order valence-electron chi connectivity index (χ3n) is 2.04. The highest BCUT2D eigenvalue weighted by Crippen LogP contribution is 2.40. The molecule has 0 bridgehead atoms. The highest BCUT2D eigenvalue weighted by atomic mass is 16.7. The maximum atomic E-state index is 5.62. The summed E-state index contributed by atoms with van der Waals surface area (Å²) >= 11 is 0. The Kier molecular flexibility index (Phi) is 7.25. The van der Waals surface area contributed by atoms with Crippen LogP contribution >= 0.6 is 0 Å². The van der Waals surface area contributed by atoms with Crippen molar-refractivity contribution in [3.05, 3.63) is 18.2 Å². The van der Waals surface area contributed by atoms with E-state index in [1.807, 2.05) is 59.7 Å². The Balaban J connectivity index is 0.000000659. The average molecular weight is 253 g/mol. The summed E-state index contributed by atoms with van der Waals surface area (Å²) in [4.78, 5) is 0. The lowest BCUT2D eigenvalue weighted by Gasteiger charge is -2.16. The first-order chi connectivity index (χ1) is 8.61. The zero-order valence-corrected chi connectivity index (χ0v) is 12.8. The number of anilines is 1. The molecule has 3 heteroatoms. The first kappa shape index (κ1) is 16.6. The van der Waals surface area contributed by atoms with Crippen LogP contribution in [0.1, 0.15) is 48.5 Å². The second kappa shape index (κ2) is 7.85. The molecule has 0 saturated heterocycles. The Hall–Kier alpha value is -1.38. The molecule has 1 N–H and O–H groups in total. The van der Waals surface area contributed by atoms with Crippen LogP contribution in [-0.2, 0) is 0 Å². The van der Waals surface area contributed by atoms with Gasteiger partial charge < -0.3 is 14.8 Å². The monoisotopic (exact) mass is 253 g/mol. The Morgan fingerprint density at radius 2 is 1.56 bits per heavy atom. The zero-order chi connectivity index (χ0) is 14.2. The predicted molar refractivity (Wildman–Crippen MR) is 78.6 cm³/mol. The van der Waals surface area contributed by atoms with Gasteiger partial charge in [-0.05, 0) is 19.1 Å². The first-order valence-corrected chi connectivity index (χ1v) is 6.87. The van der Waals surface area contributed by atoms with Crippen molar-refractivity contribution in [1.29, 1.82) is 0 Å². The van der Waals surface area contributed by atoms with Crippen molar-refractivity contribution in [2.45, 2.75) is 54.3 Å². The van der Waals surface area contributed by atoms with Crippen LogP contribution in [0, 0.1) is 0 Å². The second-order valence-corrected chi connectivity index (χ2v) is 3.80. The molecule has 0 fully saturated rings. The lowest BCUT2D eigenvalue weighted by Crippen LogP contribution is -2.29. The predicted octanol–water partition coefficient (Wildman–Crippen LogP) is 4.68. The van der Waals surface area contributed by atoms with Gasteiger partial charge in [0.15, 0.2) is 11.5 Å². The maximum Gasteiger partial charge on any atom is 0.246 e. The molecule has 1 aromatic rings. The van der Waals surface area contributed by atoms with E-state index in [4.69, 9.17) is 9.47 Å². The molecule has 1 aromatic carbocycles. The van der Waals surface area contributed by atoms with Crippen LogP contribution in [0.4, 0.5) is 5.69 Å². The van der Waals surface area contributed by atoms with Gasteiger partial charge in [-0.3, -0.25) is 0 Å². The minimum absolute atomic E-state index is 0.535. The molecule has 0 unspecified atom stereocenters. The van der Waals surface area contributed by atoms with E-state index in [0.29, 0.717) is 0 Å². The van der Waals surface area contributed by atoms with Crippen LogP contribution in [0.5, 0.6) is 11.5 Å². The summed E-state index contributed by atoms with van der Waals surface area (Å²) in [5.41, 5.74) is 1.06. The highest BCUT2D eigenvalue weighted by molar-refractivity contribution is 5.56. The minimum atomic E-state index is -0.535. The van der Waals surface area contributed by atoms with Gasteiger partial charge in [-0.15, -0.1) is 0 Å². The fraction of sp³-hybridized carbons (Fsp3) is 0.600. The number of hydrogen-bond acceptors (Lipinski definition) is 3. The summed E-state index contributed by atoms with van der Waals surface area (Å²) in [6.45, 7) is 14.8. The number of benzene rings is 1. The Labute approximate surface area is 111 Å². The molecule has 0 aliphatic carbocycles. The molecule has 3 nitrogen and oxygen atoms in total. The number of fused-ring (bicyclic) bond motifs is 1. The lowest BCUT2D eigenvalue weighted by molar-refractivity contribution is -0.0431. The maximum absolute atomic E-state index is 5.62. The molecule has 0 aromatic heterocycles. The fourth-order valence-corrected chi connectivity index (χ4v) is 1.54. The van der Waals surface area contributed by atoms with Gasteiger partial charge in [-0.1, -0.05) is 27.7 Å². The van der Waals surface area contributed by atoms with E-state index in [-0.39, 0.29) is 0 Å². The Bertz CT molecular complexity index is 348. The van der Waals surface area contributed by atoms with E-state index in [0.717, 1.165) is 23.7 Å². The summed E-state index contributed by atoms with van der Waals surface area (Å²) in [7, 11) is 0. The number of hydrogen-bond donors (Lipinski definition) is 1. The third-order valence-corrected chi connectivity index (χ3v) is 2.04. The highest BCUT2D eigenvalue weighted by Gasteiger charge is 2.31. The molecule has 18 heavy (non-hydrogen) atoms. The summed E-state index contributed by atoms with van der Waals surface area (Å²) in [6, 6.07) is 5.89. The average Bonchev–Trinajstić information content (AvgIpc) is 2.68. The van der Waals surface area contributed by atoms with Gasteiger partial charge in [-0.2, -0.15) is 0 Å². The normalized spacial score (nSPS) is 13.7. The van der Waals surface area contributed by atoms with Crippen molar-refractivity contribution >= 4 is 5.69 Å². The van der Waals surface area contributed by atoms with Gasteiger partial charge in [0.25, 0.3) is 0 Å². The van der Waals surface area contributed by atoms with E-state index in [2.05, 4.69) is 12.2 Å². The third kappa shape index (κ3) is 4.47. The van der Waals surface area contributed by atoms with E-state index in [1.165, 1.54) is 0 Å². The van der Waals surface area contributed by atoms with Crippen molar-refractivity contribution in [1.82, 2.24) is 0 Å². The quantitative estimate of drug-likeness (QED) is 0.830. The van der Waals surface area contributed by atoms with Gasteiger partial charge in [0, 0.05) is 32.1 Å². The molecule has 104 valence electrons. The molecule has 1 aliphatic rings. The largest absolute Gasteiger partial charge is 0.449 e. The van der Waals surface area contributed by atoms with E-state index >= 15 is 0 Å². The smallest absolute Gasteiger partial charge is 0.246 e. The molecule has 0 atom stereocenters. The van der Waals surface area contributed by atoms with Crippen LogP contribution < -0.4 is 14.8 Å². The molecule has 0 saturated carbocycles. The molecule has 1 aliphatic heterocycles. The van der Waals surface area contributed by atoms with Gasteiger partial charge in [0.2, 0.25) is 5.79 Å². The van der Waals surface area contributed by atoms with Gasteiger partial charge in [0.05, 0.1) is 0 Å². The molecule has 0 amide bonds. The van der Waals surface area contributed by atoms with Crippen LogP contribution in [-0.4, -0.2) is 12.3 Å². The first-order valence-electron chi connectivity index (χ1n) is 6.87. The fourth-order valence-electron chi connectivity index (χ4n) is 1.54. The van der Waals surface area contributed by atoms with Gasteiger partial charge in [-0.25, -0.2) is 0 Å². The van der Waals surface area contributed by atoms with Crippen LogP contribution in [0.25, 0.3) is 0 Å². The summed E-state index contributed by atoms with van der Waals surface area (Å²) < 4.78 is 11.2. The van der Waals surface area contributed by atoms with E-state index in [1.54, 1.807) is 0 Å².